The van der Waals surface area contributed by atoms with Crippen LogP contribution in [0.3, 0.4) is 0 Å². The second-order valence-corrected chi connectivity index (χ2v) is 2.99. The summed E-state index contributed by atoms with van der Waals surface area (Å²) in [7, 11) is 0. The molecule has 1 N–H and O–H groups in total. The van der Waals surface area contributed by atoms with Gasteiger partial charge in [0.15, 0.2) is 6.10 Å². The summed E-state index contributed by atoms with van der Waals surface area (Å²) in [6.45, 7) is 1.46. The number of nitrogens with zero attached hydrogens (tertiary/aromatic N) is 2. The molecule has 0 aliphatic rings. The van der Waals surface area contributed by atoms with Crippen LogP contribution >= 0.6 is 11.6 Å². The van der Waals surface area contributed by atoms with E-state index in [1.165, 1.54) is 6.92 Å². The van der Waals surface area contributed by atoms with Crippen molar-refractivity contribution < 1.29 is 18.3 Å². The van der Waals surface area contributed by atoms with E-state index >= 15 is 0 Å². The van der Waals surface area contributed by atoms with E-state index < -0.39 is 18.0 Å². The second kappa shape index (κ2) is 3.70. The number of aromatic nitrogens is 2. The Bertz CT molecular complexity index is 322. The van der Waals surface area contributed by atoms with Crippen molar-refractivity contribution in [1.29, 1.82) is 0 Å². The van der Waals surface area contributed by atoms with Gasteiger partial charge in [0.05, 0.1) is 5.69 Å². The Morgan fingerprint density at radius 2 is 2.00 bits per heavy atom. The third kappa shape index (κ3) is 2.55. The molecule has 0 spiro atoms. The van der Waals surface area contributed by atoms with Crippen molar-refractivity contribution in [2.45, 2.75) is 19.2 Å². The molecule has 0 amide bonds. The SMILES string of the molecule is Cc1cc([C@@H](O)C(F)(F)F)nc(Cl)n1. The van der Waals surface area contributed by atoms with E-state index in [-0.39, 0.29) is 11.0 Å². The molecular formula is C7H6ClF3N2O. The fourth-order valence-corrected chi connectivity index (χ4v) is 1.09. The lowest BCUT2D eigenvalue weighted by Gasteiger charge is -2.13. The average Bonchev–Trinajstić information content (AvgIpc) is 1.99. The molecule has 1 atom stereocenters. The zero-order valence-corrected chi connectivity index (χ0v) is 7.76. The molecule has 0 unspecified atom stereocenters. The van der Waals surface area contributed by atoms with Gasteiger partial charge in [-0.3, -0.25) is 0 Å². The first-order valence-corrected chi connectivity index (χ1v) is 3.94. The predicted molar refractivity (Wildman–Crippen MR) is 42.8 cm³/mol. The lowest BCUT2D eigenvalue weighted by molar-refractivity contribution is -0.208. The van der Waals surface area contributed by atoms with E-state index in [9.17, 15) is 13.2 Å². The van der Waals surface area contributed by atoms with Crippen molar-refractivity contribution in [3.05, 3.63) is 22.7 Å². The van der Waals surface area contributed by atoms with Gasteiger partial charge < -0.3 is 5.11 Å². The third-order valence-corrected chi connectivity index (χ3v) is 1.61. The van der Waals surface area contributed by atoms with Gasteiger partial charge in [-0.25, -0.2) is 9.97 Å². The second-order valence-electron chi connectivity index (χ2n) is 2.65. The molecule has 0 aliphatic heterocycles. The average molecular weight is 227 g/mol. The van der Waals surface area contributed by atoms with Crippen molar-refractivity contribution in [1.82, 2.24) is 9.97 Å². The topological polar surface area (TPSA) is 46.0 Å². The van der Waals surface area contributed by atoms with Gasteiger partial charge in [0.25, 0.3) is 0 Å². The normalized spacial score (nSPS) is 14.1. The third-order valence-electron chi connectivity index (χ3n) is 1.44. The highest BCUT2D eigenvalue weighted by molar-refractivity contribution is 6.28. The molecule has 14 heavy (non-hydrogen) atoms. The zero-order chi connectivity index (χ0) is 10.9. The highest BCUT2D eigenvalue weighted by atomic mass is 35.5. The summed E-state index contributed by atoms with van der Waals surface area (Å²) in [6.07, 6.45) is -7.37. The molecule has 1 rings (SSSR count). The standard InChI is InChI=1S/C7H6ClF3N2O/c1-3-2-4(13-6(8)12-3)5(14)7(9,10)11/h2,5,14H,1H3/t5-/m1/s1. The summed E-state index contributed by atoms with van der Waals surface area (Å²) < 4.78 is 36.1. The van der Waals surface area contributed by atoms with E-state index in [0.717, 1.165) is 6.07 Å². The van der Waals surface area contributed by atoms with Crippen LogP contribution < -0.4 is 0 Å². The van der Waals surface area contributed by atoms with E-state index in [1.54, 1.807) is 0 Å². The zero-order valence-electron chi connectivity index (χ0n) is 7.01. The van der Waals surface area contributed by atoms with Crippen LogP contribution in [0.2, 0.25) is 5.28 Å². The smallest absolute Gasteiger partial charge is 0.378 e. The van der Waals surface area contributed by atoms with Gasteiger partial charge in [0.1, 0.15) is 0 Å². The Labute approximate surface area is 82.6 Å². The fraction of sp³-hybridized carbons (Fsp3) is 0.429. The summed E-state index contributed by atoms with van der Waals surface area (Å²) in [6, 6.07) is 1.03. The maximum atomic E-state index is 12.0. The van der Waals surface area contributed by atoms with Crippen molar-refractivity contribution in [3.8, 4) is 0 Å². The maximum Gasteiger partial charge on any atom is 0.420 e. The molecule has 78 valence electrons. The van der Waals surface area contributed by atoms with Gasteiger partial charge in [-0.2, -0.15) is 13.2 Å². The summed E-state index contributed by atoms with van der Waals surface area (Å²) in [5.41, 5.74) is -0.279. The van der Waals surface area contributed by atoms with Gasteiger partial charge in [0, 0.05) is 5.69 Å². The summed E-state index contributed by atoms with van der Waals surface area (Å²) >= 11 is 5.34. The lowest BCUT2D eigenvalue weighted by atomic mass is 10.2. The molecule has 1 aromatic heterocycles. The van der Waals surface area contributed by atoms with Crippen LogP contribution in [-0.4, -0.2) is 21.3 Å². The molecule has 7 heteroatoms. The number of hydrogen-bond acceptors (Lipinski definition) is 3. The first-order chi connectivity index (χ1) is 6.30. The minimum atomic E-state index is -4.75. The molecule has 0 fully saturated rings. The molecular weight excluding hydrogens is 221 g/mol. The van der Waals surface area contributed by atoms with Crippen molar-refractivity contribution >= 4 is 11.6 Å². The lowest BCUT2D eigenvalue weighted by Crippen LogP contribution is -2.21. The fourth-order valence-electron chi connectivity index (χ4n) is 0.863. The van der Waals surface area contributed by atoms with Gasteiger partial charge in [0.2, 0.25) is 5.28 Å². The number of rotatable bonds is 1. The summed E-state index contributed by atoms with van der Waals surface area (Å²) in [5, 5.41) is 8.52. The van der Waals surface area contributed by atoms with Gasteiger partial charge in [-0.05, 0) is 24.6 Å². The molecule has 1 heterocycles. The van der Waals surface area contributed by atoms with Crippen molar-refractivity contribution in [2.75, 3.05) is 0 Å². The largest absolute Gasteiger partial charge is 0.420 e. The highest BCUT2D eigenvalue weighted by Crippen LogP contribution is 2.31. The Morgan fingerprint density at radius 1 is 1.43 bits per heavy atom. The first-order valence-electron chi connectivity index (χ1n) is 3.56. The molecule has 0 aromatic carbocycles. The van der Waals surface area contributed by atoms with Crippen LogP contribution in [0, 0.1) is 6.92 Å². The minimum Gasteiger partial charge on any atom is -0.378 e. The van der Waals surface area contributed by atoms with Crippen LogP contribution in [0.4, 0.5) is 13.2 Å². The molecule has 1 aromatic rings. The number of aryl methyl sites for hydroxylation is 1. The first kappa shape index (κ1) is 11.2. The van der Waals surface area contributed by atoms with Gasteiger partial charge in [-0.15, -0.1) is 0 Å². The number of aliphatic hydroxyl groups is 1. The Balaban J connectivity index is 3.07. The monoisotopic (exact) mass is 226 g/mol. The number of aliphatic hydroxyl groups excluding tert-OH is 1. The highest BCUT2D eigenvalue weighted by Gasteiger charge is 2.40. The van der Waals surface area contributed by atoms with Gasteiger partial charge in [-0.1, -0.05) is 0 Å². The molecule has 0 bridgehead atoms. The Morgan fingerprint density at radius 3 is 2.43 bits per heavy atom. The van der Waals surface area contributed by atoms with Crippen LogP contribution in [0.25, 0.3) is 0 Å². The minimum absolute atomic E-state index is 0.267. The Kier molecular flexibility index (Phi) is 2.96. The molecule has 0 saturated carbocycles. The van der Waals surface area contributed by atoms with E-state index in [2.05, 4.69) is 9.97 Å². The van der Waals surface area contributed by atoms with Crippen LogP contribution in [0.15, 0.2) is 6.07 Å². The van der Waals surface area contributed by atoms with Crippen molar-refractivity contribution in [2.24, 2.45) is 0 Å². The van der Waals surface area contributed by atoms with E-state index in [0.29, 0.717) is 0 Å². The van der Waals surface area contributed by atoms with Gasteiger partial charge >= 0.3 is 6.18 Å². The number of alkyl halides is 3. The summed E-state index contributed by atoms with van der Waals surface area (Å²) in [4.78, 5) is 6.86. The molecule has 0 radical (unpaired) electrons. The quantitative estimate of drug-likeness (QED) is 0.746. The van der Waals surface area contributed by atoms with E-state index in [4.69, 9.17) is 16.7 Å². The number of hydrogen-bond donors (Lipinski definition) is 1. The molecule has 3 nitrogen and oxygen atoms in total. The summed E-state index contributed by atoms with van der Waals surface area (Å²) in [5.74, 6) is 0. The van der Waals surface area contributed by atoms with Crippen LogP contribution in [0.1, 0.15) is 17.5 Å². The Hall–Kier alpha value is -0.880. The van der Waals surface area contributed by atoms with Crippen LogP contribution in [0.5, 0.6) is 0 Å². The molecule has 0 saturated heterocycles. The van der Waals surface area contributed by atoms with Crippen molar-refractivity contribution in [3.63, 3.8) is 0 Å². The van der Waals surface area contributed by atoms with Crippen LogP contribution in [-0.2, 0) is 0 Å². The maximum absolute atomic E-state index is 12.0. The predicted octanol–water partition coefficient (Wildman–Crippen LogP) is 2.03. The molecule has 0 aliphatic carbocycles. The van der Waals surface area contributed by atoms with E-state index in [1.807, 2.05) is 0 Å². The number of halogens is 4.